The Hall–Kier alpha value is -3.57. The van der Waals surface area contributed by atoms with Crippen molar-refractivity contribution >= 4 is 43.4 Å². The zero-order chi connectivity index (χ0) is 21.2. The van der Waals surface area contributed by atoms with E-state index in [4.69, 9.17) is 4.98 Å². The molecule has 0 N–H and O–H groups in total. The predicted octanol–water partition coefficient (Wildman–Crippen LogP) is 6.25. The molecule has 0 saturated carbocycles. The van der Waals surface area contributed by atoms with Crippen molar-refractivity contribution in [3.8, 4) is 0 Å². The number of anilines is 1. The molecule has 0 bridgehead atoms. The summed E-state index contributed by atoms with van der Waals surface area (Å²) in [6.07, 6.45) is 4.50. The van der Waals surface area contributed by atoms with Crippen molar-refractivity contribution in [2.24, 2.45) is 0 Å². The lowest BCUT2D eigenvalue weighted by atomic mass is 10.1. The Labute approximate surface area is 184 Å². The number of fused-ring (bicyclic) bond motifs is 2. The SMILES string of the molecule is CCc1ccc2nc(N(Cc3cccnc3)C(=O)c3ccc4ccccc4c3)sc2c1. The molecular weight excluding hydrogens is 402 g/mol. The van der Waals surface area contributed by atoms with Crippen LogP contribution in [-0.2, 0) is 13.0 Å². The number of amides is 1. The van der Waals surface area contributed by atoms with Crippen LogP contribution in [0.1, 0.15) is 28.4 Å². The van der Waals surface area contributed by atoms with E-state index in [0.29, 0.717) is 17.2 Å². The number of nitrogens with zero attached hydrogens (tertiary/aromatic N) is 3. The summed E-state index contributed by atoms with van der Waals surface area (Å²) in [4.78, 5) is 24.4. The van der Waals surface area contributed by atoms with E-state index in [1.54, 1.807) is 28.6 Å². The van der Waals surface area contributed by atoms with Crippen LogP contribution in [0.3, 0.4) is 0 Å². The number of aromatic nitrogens is 2. The first kappa shape index (κ1) is 19.4. The van der Waals surface area contributed by atoms with Crippen molar-refractivity contribution in [1.29, 1.82) is 0 Å². The minimum absolute atomic E-state index is 0.0654. The average molecular weight is 424 g/mol. The second-order valence-corrected chi connectivity index (χ2v) is 8.48. The van der Waals surface area contributed by atoms with Gasteiger partial charge in [0, 0.05) is 18.0 Å². The lowest BCUT2D eigenvalue weighted by Gasteiger charge is -2.20. The molecule has 0 aliphatic rings. The van der Waals surface area contributed by atoms with Crippen LogP contribution in [0.15, 0.2) is 85.2 Å². The van der Waals surface area contributed by atoms with Crippen molar-refractivity contribution in [1.82, 2.24) is 9.97 Å². The molecule has 5 heteroatoms. The third kappa shape index (κ3) is 3.92. The molecule has 31 heavy (non-hydrogen) atoms. The second kappa shape index (κ2) is 8.28. The summed E-state index contributed by atoms with van der Waals surface area (Å²) in [6.45, 7) is 2.56. The topological polar surface area (TPSA) is 46.1 Å². The van der Waals surface area contributed by atoms with Crippen molar-refractivity contribution in [2.75, 3.05) is 4.90 Å². The summed E-state index contributed by atoms with van der Waals surface area (Å²) < 4.78 is 1.09. The zero-order valence-electron chi connectivity index (χ0n) is 17.2. The highest BCUT2D eigenvalue weighted by Crippen LogP contribution is 2.32. The van der Waals surface area contributed by atoms with Gasteiger partial charge in [0.1, 0.15) is 0 Å². The molecule has 4 nitrogen and oxygen atoms in total. The molecule has 2 heterocycles. The number of pyridine rings is 1. The van der Waals surface area contributed by atoms with Crippen LogP contribution in [0.5, 0.6) is 0 Å². The van der Waals surface area contributed by atoms with Gasteiger partial charge in [-0.15, -0.1) is 0 Å². The van der Waals surface area contributed by atoms with Gasteiger partial charge in [0.05, 0.1) is 16.8 Å². The van der Waals surface area contributed by atoms with Gasteiger partial charge in [-0.05, 0) is 58.7 Å². The highest BCUT2D eigenvalue weighted by Gasteiger charge is 2.22. The minimum Gasteiger partial charge on any atom is -0.279 e. The predicted molar refractivity (Wildman–Crippen MR) is 128 cm³/mol. The Balaban J connectivity index is 1.58. The maximum Gasteiger partial charge on any atom is 0.260 e. The van der Waals surface area contributed by atoms with Crippen LogP contribution >= 0.6 is 11.3 Å². The fourth-order valence-electron chi connectivity index (χ4n) is 3.67. The van der Waals surface area contributed by atoms with Gasteiger partial charge in [0.2, 0.25) is 0 Å². The first-order valence-corrected chi connectivity index (χ1v) is 11.1. The monoisotopic (exact) mass is 423 g/mol. The normalized spacial score (nSPS) is 11.1. The molecule has 0 radical (unpaired) electrons. The lowest BCUT2D eigenvalue weighted by molar-refractivity contribution is 0.0985. The van der Waals surface area contributed by atoms with E-state index in [9.17, 15) is 4.79 Å². The molecule has 0 aliphatic carbocycles. The van der Waals surface area contributed by atoms with Crippen LogP contribution in [0.25, 0.3) is 21.0 Å². The fraction of sp³-hybridized carbons (Fsp3) is 0.115. The molecule has 0 spiro atoms. The van der Waals surface area contributed by atoms with E-state index in [-0.39, 0.29) is 5.91 Å². The van der Waals surface area contributed by atoms with Gasteiger partial charge in [0.25, 0.3) is 5.91 Å². The number of aryl methyl sites for hydroxylation is 1. The standard InChI is InChI=1S/C26H21N3OS/c1-2-18-9-12-23-24(14-18)31-26(28-23)29(17-19-6-5-13-27-16-19)25(30)22-11-10-20-7-3-4-8-21(20)15-22/h3-16H,2,17H2,1H3. The summed E-state index contributed by atoms with van der Waals surface area (Å²) in [5.74, 6) is -0.0654. The molecule has 5 rings (SSSR count). The maximum absolute atomic E-state index is 13.7. The van der Waals surface area contributed by atoms with Gasteiger partial charge in [-0.3, -0.25) is 14.7 Å². The van der Waals surface area contributed by atoms with Crippen LogP contribution < -0.4 is 4.90 Å². The van der Waals surface area contributed by atoms with E-state index in [0.717, 1.165) is 33.0 Å². The van der Waals surface area contributed by atoms with Crippen LogP contribution in [0, 0.1) is 0 Å². The molecule has 0 saturated heterocycles. The average Bonchev–Trinajstić information content (AvgIpc) is 3.25. The molecule has 2 aromatic heterocycles. The highest BCUT2D eigenvalue weighted by molar-refractivity contribution is 7.22. The maximum atomic E-state index is 13.7. The number of hydrogen-bond donors (Lipinski definition) is 0. The summed E-state index contributed by atoms with van der Waals surface area (Å²) in [7, 11) is 0. The van der Waals surface area contributed by atoms with Gasteiger partial charge in [-0.25, -0.2) is 4.98 Å². The summed E-state index contributed by atoms with van der Waals surface area (Å²) >= 11 is 1.55. The fourth-order valence-corrected chi connectivity index (χ4v) is 4.70. The number of thiazole rings is 1. The molecule has 0 aliphatic heterocycles. The highest BCUT2D eigenvalue weighted by atomic mass is 32.1. The third-order valence-corrected chi connectivity index (χ3v) is 6.43. The quantitative estimate of drug-likeness (QED) is 0.335. The Bertz CT molecular complexity index is 1380. The van der Waals surface area contributed by atoms with Gasteiger partial charge < -0.3 is 0 Å². The van der Waals surface area contributed by atoms with E-state index in [2.05, 4.69) is 30.1 Å². The molecule has 0 unspecified atom stereocenters. The minimum atomic E-state index is -0.0654. The Morgan fingerprint density at radius 1 is 0.935 bits per heavy atom. The van der Waals surface area contributed by atoms with Crippen LogP contribution in [-0.4, -0.2) is 15.9 Å². The lowest BCUT2D eigenvalue weighted by Crippen LogP contribution is -2.30. The van der Waals surface area contributed by atoms with E-state index in [1.165, 1.54) is 5.56 Å². The second-order valence-electron chi connectivity index (χ2n) is 7.47. The van der Waals surface area contributed by atoms with Gasteiger partial charge >= 0.3 is 0 Å². The molecule has 152 valence electrons. The first-order valence-electron chi connectivity index (χ1n) is 10.3. The summed E-state index contributed by atoms with van der Waals surface area (Å²) in [5.41, 5.74) is 3.79. The Morgan fingerprint density at radius 2 is 1.81 bits per heavy atom. The molecule has 0 atom stereocenters. The van der Waals surface area contributed by atoms with E-state index < -0.39 is 0 Å². The molecule has 0 fully saturated rings. The van der Waals surface area contributed by atoms with Gasteiger partial charge in [0.15, 0.2) is 5.13 Å². The van der Waals surface area contributed by atoms with Gasteiger partial charge in [-0.2, -0.15) is 0 Å². The Morgan fingerprint density at radius 3 is 2.61 bits per heavy atom. The third-order valence-electron chi connectivity index (χ3n) is 5.39. The van der Waals surface area contributed by atoms with Crippen LogP contribution in [0.4, 0.5) is 5.13 Å². The smallest absolute Gasteiger partial charge is 0.260 e. The molecular formula is C26H21N3OS. The number of hydrogen-bond acceptors (Lipinski definition) is 4. The zero-order valence-corrected chi connectivity index (χ0v) is 18.0. The van der Waals surface area contributed by atoms with Crippen molar-refractivity contribution in [2.45, 2.75) is 19.9 Å². The molecule has 1 amide bonds. The Kier molecular flexibility index (Phi) is 5.18. The molecule has 3 aromatic carbocycles. The summed E-state index contributed by atoms with van der Waals surface area (Å²) in [5, 5.41) is 2.86. The van der Waals surface area contributed by atoms with Crippen LogP contribution in [0.2, 0.25) is 0 Å². The largest absolute Gasteiger partial charge is 0.279 e. The summed E-state index contributed by atoms with van der Waals surface area (Å²) in [6, 6.07) is 24.1. The number of carbonyl (C=O) groups is 1. The molecule has 5 aromatic rings. The van der Waals surface area contributed by atoms with Crippen molar-refractivity contribution < 1.29 is 4.79 Å². The van der Waals surface area contributed by atoms with Gasteiger partial charge in [-0.1, -0.05) is 60.7 Å². The van der Waals surface area contributed by atoms with Crippen molar-refractivity contribution in [3.05, 3.63) is 102 Å². The number of carbonyl (C=O) groups excluding carboxylic acids is 1. The first-order chi connectivity index (χ1) is 15.2. The van der Waals surface area contributed by atoms with E-state index >= 15 is 0 Å². The van der Waals surface area contributed by atoms with Crippen molar-refractivity contribution in [3.63, 3.8) is 0 Å². The number of rotatable bonds is 5. The number of benzene rings is 3. The van der Waals surface area contributed by atoms with E-state index in [1.807, 2.05) is 54.6 Å².